The highest BCUT2D eigenvalue weighted by molar-refractivity contribution is 6.33. The maximum atomic E-state index is 6.54. The summed E-state index contributed by atoms with van der Waals surface area (Å²) in [6, 6.07) is 19.0. The molecule has 0 atom stereocenters. The predicted octanol–water partition coefficient (Wildman–Crippen LogP) is 6.55. The number of pyridine rings is 1. The second-order valence-corrected chi connectivity index (χ2v) is 7.77. The molecule has 5 rings (SSSR count). The molecule has 3 nitrogen and oxygen atoms in total. The van der Waals surface area contributed by atoms with Gasteiger partial charge in [-0.1, -0.05) is 73.3 Å². The molecule has 1 N–H and O–H groups in total. The minimum absolute atomic E-state index is 0.492. The lowest BCUT2D eigenvalue weighted by molar-refractivity contribution is 0.462. The van der Waals surface area contributed by atoms with Crippen LogP contribution in [0.1, 0.15) is 32.1 Å². The molecule has 0 spiro atoms. The Kier molecular flexibility index (Phi) is 4.25. The molecule has 2 heterocycles. The van der Waals surface area contributed by atoms with Crippen molar-refractivity contribution < 1.29 is 0 Å². The van der Waals surface area contributed by atoms with Crippen LogP contribution in [0.2, 0.25) is 5.02 Å². The molecule has 1 aliphatic rings. The summed E-state index contributed by atoms with van der Waals surface area (Å²) in [5, 5.41) is 6.89. The third kappa shape index (κ3) is 2.96. The Hall–Kier alpha value is -2.52. The third-order valence-corrected chi connectivity index (χ3v) is 5.92. The minimum atomic E-state index is 0.492. The fraction of sp³-hybridized carbons (Fsp3) is 0.261. The molecule has 0 unspecified atom stereocenters. The molecule has 0 aliphatic heterocycles. The third-order valence-electron chi connectivity index (χ3n) is 5.59. The predicted molar refractivity (Wildman–Crippen MR) is 114 cm³/mol. The molecule has 27 heavy (non-hydrogen) atoms. The molecule has 0 bridgehead atoms. The Bertz CT molecular complexity index is 1110. The molecule has 2 aromatic heterocycles. The number of hydrogen-bond acceptors (Lipinski definition) is 2. The van der Waals surface area contributed by atoms with Crippen LogP contribution in [0, 0.1) is 0 Å². The van der Waals surface area contributed by atoms with Crippen LogP contribution in [0.25, 0.3) is 27.7 Å². The van der Waals surface area contributed by atoms with Gasteiger partial charge in [-0.2, -0.15) is 0 Å². The fourth-order valence-electron chi connectivity index (χ4n) is 4.19. The first kappa shape index (κ1) is 16.6. The van der Waals surface area contributed by atoms with Gasteiger partial charge in [0.15, 0.2) is 0 Å². The van der Waals surface area contributed by atoms with E-state index in [1.807, 2.05) is 18.2 Å². The van der Waals surface area contributed by atoms with Crippen molar-refractivity contribution in [2.24, 2.45) is 0 Å². The van der Waals surface area contributed by atoms with Gasteiger partial charge < -0.3 is 5.32 Å². The Morgan fingerprint density at radius 2 is 1.70 bits per heavy atom. The second kappa shape index (κ2) is 6.90. The first-order valence-electron chi connectivity index (χ1n) is 9.72. The highest BCUT2D eigenvalue weighted by atomic mass is 35.5. The molecule has 136 valence electrons. The average Bonchev–Trinajstić information content (AvgIpc) is 3.08. The van der Waals surface area contributed by atoms with Gasteiger partial charge >= 0.3 is 0 Å². The summed E-state index contributed by atoms with van der Waals surface area (Å²) < 4.78 is 2.19. The van der Waals surface area contributed by atoms with Crippen molar-refractivity contribution in [3.63, 3.8) is 0 Å². The molecule has 0 amide bonds. The van der Waals surface area contributed by atoms with E-state index in [4.69, 9.17) is 16.6 Å². The van der Waals surface area contributed by atoms with Crippen LogP contribution in [0.3, 0.4) is 0 Å². The molecule has 1 saturated carbocycles. The van der Waals surface area contributed by atoms with Gasteiger partial charge in [-0.25, -0.2) is 4.98 Å². The maximum Gasteiger partial charge on any atom is 0.147 e. The van der Waals surface area contributed by atoms with Crippen molar-refractivity contribution in [1.29, 1.82) is 0 Å². The molecule has 2 aromatic carbocycles. The zero-order valence-corrected chi connectivity index (χ0v) is 15.9. The maximum absolute atomic E-state index is 6.54. The Labute approximate surface area is 164 Å². The SMILES string of the molecule is Clc1ccccc1-c1nc2c3ccccc3ccn2c1NC1CCCCC1. The summed E-state index contributed by atoms with van der Waals surface area (Å²) in [4.78, 5) is 5.05. The number of aromatic nitrogens is 2. The molecule has 0 saturated heterocycles. The summed E-state index contributed by atoms with van der Waals surface area (Å²) in [5.74, 6) is 1.05. The lowest BCUT2D eigenvalue weighted by Crippen LogP contribution is -2.23. The second-order valence-electron chi connectivity index (χ2n) is 7.36. The van der Waals surface area contributed by atoms with E-state index in [1.54, 1.807) is 0 Å². The quantitative estimate of drug-likeness (QED) is 0.439. The van der Waals surface area contributed by atoms with Gasteiger partial charge in [0, 0.05) is 23.2 Å². The number of imidazole rings is 1. The summed E-state index contributed by atoms with van der Waals surface area (Å²) in [5.41, 5.74) is 2.88. The smallest absolute Gasteiger partial charge is 0.147 e. The normalized spacial score (nSPS) is 15.4. The topological polar surface area (TPSA) is 29.3 Å². The summed E-state index contributed by atoms with van der Waals surface area (Å²) in [6.07, 6.45) is 8.46. The van der Waals surface area contributed by atoms with E-state index in [1.165, 1.54) is 37.5 Å². The lowest BCUT2D eigenvalue weighted by atomic mass is 9.95. The van der Waals surface area contributed by atoms with E-state index < -0.39 is 0 Å². The number of anilines is 1. The van der Waals surface area contributed by atoms with Gasteiger partial charge in [0.1, 0.15) is 17.2 Å². The van der Waals surface area contributed by atoms with Crippen molar-refractivity contribution >= 4 is 33.8 Å². The first-order valence-corrected chi connectivity index (χ1v) is 10.1. The van der Waals surface area contributed by atoms with Gasteiger partial charge in [0.05, 0.1) is 5.02 Å². The average molecular weight is 376 g/mol. The van der Waals surface area contributed by atoms with Crippen molar-refractivity contribution in [3.8, 4) is 11.3 Å². The minimum Gasteiger partial charge on any atom is -0.367 e. The molecule has 4 heteroatoms. The van der Waals surface area contributed by atoms with E-state index in [2.05, 4.69) is 52.3 Å². The molecule has 1 aliphatic carbocycles. The highest BCUT2D eigenvalue weighted by Gasteiger charge is 2.21. The molecular weight excluding hydrogens is 354 g/mol. The molecular formula is C23H22ClN3. The summed E-state index contributed by atoms with van der Waals surface area (Å²) >= 11 is 6.54. The van der Waals surface area contributed by atoms with Gasteiger partial charge in [-0.15, -0.1) is 0 Å². The number of halogens is 1. The molecule has 4 aromatic rings. The van der Waals surface area contributed by atoms with Crippen LogP contribution >= 0.6 is 11.6 Å². The number of benzene rings is 2. The van der Waals surface area contributed by atoms with Crippen LogP contribution < -0.4 is 5.32 Å². The zero-order chi connectivity index (χ0) is 18.2. The molecule has 0 radical (unpaired) electrons. The van der Waals surface area contributed by atoms with E-state index in [-0.39, 0.29) is 0 Å². The number of fused-ring (bicyclic) bond motifs is 3. The van der Waals surface area contributed by atoms with Crippen molar-refractivity contribution in [1.82, 2.24) is 9.38 Å². The fourth-order valence-corrected chi connectivity index (χ4v) is 4.41. The number of rotatable bonds is 3. The van der Waals surface area contributed by atoms with Gasteiger partial charge in [0.25, 0.3) is 0 Å². The van der Waals surface area contributed by atoms with Crippen LogP contribution in [0.15, 0.2) is 60.8 Å². The number of nitrogens with one attached hydrogen (secondary N) is 1. The van der Waals surface area contributed by atoms with Crippen LogP contribution in [0.5, 0.6) is 0 Å². The van der Waals surface area contributed by atoms with Crippen LogP contribution in [0.4, 0.5) is 5.82 Å². The molecule has 1 fully saturated rings. The number of hydrogen-bond donors (Lipinski definition) is 1. The van der Waals surface area contributed by atoms with Crippen molar-refractivity contribution in [2.45, 2.75) is 38.1 Å². The summed E-state index contributed by atoms with van der Waals surface area (Å²) in [7, 11) is 0. The van der Waals surface area contributed by atoms with Gasteiger partial charge in [-0.05, 0) is 30.4 Å². The first-order chi connectivity index (χ1) is 13.3. The Balaban J connectivity index is 1.74. The van der Waals surface area contributed by atoms with E-state index in [9.17, 15) is 0 Å². The highest BCUT2D eigenvalue weighted by Crippen LogP contribution is 2.36. The van der Waals surface area contributed by atoms with Gasteiger partial charge in [-0.3, -0.25) is 4.40 Å². The van der Waals surface area contributed by atoms with Crippen LogP contribution in [-0.2, 0) is 0 Å². The number of nitrogens with zero attached hydrogens (tertiary/aromatic N) is 2. The summed E-state index contributed by atoms with van der Waals surface area (Å²) in [6.45, 7) is 0. The van der Waals surface area contributed by atoms with Gasteiger partial charge in [0.2, 0.25) is 0 Å². The van der Waals surface area contributed by atoms with Crippen molar-refractivity contribution in [2.75, 3.05) is 5.32 Å². The van der Waals surface area contributed by atoms with E-state index in [0.717, 1.165) is 33.1 Å². The van der Waals surface area contributed by atoms with Crippen molar-refractivity contribution in [3.05, 3.63) is 65.8 Å². The lowest BCUT2D eigenvalue weighted by Gasteiger charge is -2.24. The van der Waals surface area contributed by atoms with Crippen LogP contribution in [-0.4, -0.2) is 15.4 Å². The zero-order valence-electron chi connectivity index (χ0n) is 15.2. The Morgan fingerprint density at radius 1 is 0.926 bits per heavy atom. The van der Waals surface area contributed by atoms with E-state index in [0.29, 0.717) is 6.04 Å². The van der Waals surface area contributed by atoms with E-state index >= 15 is 0 Å². The monoisotopic (exact) mass is 375 g/mol. The standard InChI is InChI=1S/C23H22ClN3/c24-20-13-7-6-12-19(20)21-23(25-17-9-2-1-3-10-17)27-15-14-16-8-4-5-11-18(16)22(27)26-21/h4-8,11-15,17,25H,1-3,9-10H2. The Morgan fingerprint density at radius 3 is 2.56 bits per heavy atom. The largest absolute Gasteiger partial charge is 0.367 e.